The molecule has 0 aromatic heterocycles. The Kier molecular flexibility index (Phi) is 2.94. The number of hydrogen-bond donors (Lipinski definition) is 1. The van der Waals surface area contributed by atoms with Gasteiger partial charge in [-0.2, -0.15) is 0 Å². The Morgan fingerprint density at radius 1 is 1.53 bits per heavy atom. The quantitative estimate of drug-likeness (QED) is 0.857. The Hall–Kier alpha value is -1.38. The topological polar surface area (TPSA) is 29.1 Å². The van der Waals surface area contributed by atoms with Crippen molar-refractivity contribution in [3.8, 4) is 0 Å². The van der Waals surface area contributed by atoms with E-state index in [9.17, 15) is 9.18 Å². The molecular weight excluding hydrogens is 217 g/mol. The fraction of sp³-hybridized carbons (Fsp3) is 0.500. The molecule has 3 heteroatoms. The molecule has 1 aromatic carbocycles. The second-order valence-corrected chi connectivity index (χ2v) is 5.58. The summed E-state index contributed by atoms with van der Waals surface area (Å²) in [5.41, 5.74) is 1.29. The molecule has 2 nitrogen and oxygen atoms in total. The predicted molar refractivity (Wildman–Crippen MR) is 65.4 cm³/mol. The van der Waals surface area contributed by atoms with Crippen LogP contribution in [-0.2, 0) is 0 Å². The van der Waals surface area contributed by atoms with Gasteiger partial charge in [-0.05, 0) is 42.4 Å². The molecule has 1 amide bonds. The van der Waals surface area contributed by atoms with E-state index in [-0.39, 0.29) is 11.5 Å². The lowest BCUT2D eigenvalue weighted by molar-refractivity contribution is 0.0946. The van der Waals surface area contributed by atoms with E-state index in [1.807, 2.05) is 0 Å². The molecule has 1 atom stereocenters. The van der Waals surface area contributed by atoms with Crippen LogP contribution in [0.25, 0.3) is 0 Å². The van der Waals surface area contributed by atoms with Gasteiger partial charge in [-0.25, -0.2) is 4.39 Å². The van der Waals surface area contributed by atoms with Gasteiger partial charge in [0.05, 0.1) is 5.56 Å². The number of benzene rings is 1. The number of halogens is 1. The minimum absolute atomic E-state index is 0.133. The monoisotopic (exact) mass is 235 g/mol. The zero-order chi connectivity index (χ0) is 12.6. The van der Waals surface area contributed by atoms with Crippen LogP contribution < -0.4 is 5.32 Å². The fourth-order valence-corrected chi connectivity index (χ4v) is 2.04. The van der Waals surface area contributed by atoms with Crippen LogP contribution in [0, 0.1) is 24.1 Å². The Morgan fingerprint density at radius 3 is 2.71 bits per heavy atom. The van der Waals surface area contributed by atoms with E-state index >= 15 is 0 Å². The standard InChI is InChI=1S/C14H18FNO/c1-9-4-5-11(12(15)6-9)13(17)16-8-10-7-14(10,2)3/h4-6,10H,7-8H2,1-3H3,(H,16,17). The molecule has 1 aliphatic rings. The van der Waals surface area contributed by atoms with Gasteiger partial charge in [-0.1, -0.05) is 19.9 Å². The molecule has 17 heavy (non-hydrogen) atoms. The number of carbonyl (C=O) groups excluding carboxylic acids is 1. The molecule has 0 heterocycles. The first kappa shape index (κ1) is 12.1. The van der Waals surface area contributed by atoms with E-state index in [0.717, 1.165) is 12.0 Å². The first-order valence-corrected chi connectivity index (χ1v) is 5.94. The van der Waals surface area contributed by atoms with Crippen LogP contribution in [0.2, 0.25) is 0 Å². The molecule has 0 saturated heterocycles. The molecular formula is C14H18FNO. The molecule has 0 bridgehead atoms. The minimum Gasteiger partial charge on any atom is -0.352 e. The van der Waals surface area contributed by atoms with Crippen molar-refractivity contribution in [2.24, 2.45) is 11.3 Å². The van der Waals surface area contributed by atoms with Crippen LogP contribution in [-0.4, -0.2) is 12.5 Å². The average Bonchev–Trinajstić information content (AvgIpc) is 2.83. The van der Waals surface area contributed by atoms with E-state index < -0.39 is 5.82 Å². The maximum absolute atomic E-state index is 13.5. The van der Waals surface area contributed by atoms with Crippen LogP contribution in [0.1, 0.15) is 36.2 Å². The molecule has 1 fully saturated rings. The molecule has 0 radical (unpaired) electrons. The highest BCUT2D eigenvalue weighted by atomic mass is 19.1. The molecule has 92 valence electrons. The molecule has 1 saturated carbocycles. The van der Waals surface area contributed by atoms with Crippen molar-refractivity contribution < 1.29 is 9.18 Å². The highest BCUT2D eigenvalue weighted by Crippen LogP contribution is 2.50. The zero-order valence-corrected chi connectivity index (χ0v) is 10.5. The Bertz CT molecular complexity index is 454. The summed E-state index contributed by atoms with van der Waals surface area (Å²) in [7, 11) is 0. The van der Waals surface area contributed by atoms with Gasteiger partial charge in [0.2, 0.25) is 0 Å². The first-order chi connectivity index (χ1) is 7.90. The van der Waals surface area contributed by atoms with Gasteiger partial charge in [0, 0.05) is 6.54 Å². The lowest BCUT2D eigenvalue weighted by Crippen LogP contribution is -2.27. The van der Waals surface area contributed by atoms with Crippen molar-refractivity contribution >= 4 is 5.91 Å². The average molecular weight is 235 g/mol. The largest absolute Gasteiger partial charge is 0.352 e. The number of rotatable bonds is 3. The van der Waals surface area contributed by atoms with Crippen molar-refractivity contribution in [2.75, 3.05) is 6.54 Å². The van der Waals surface area contributed by atoms with Crippen LogP contribution in [0.3, 0.4) is 0 Å². The van der Waals surface area contributed by atoms with Gasteiger partial charge in [-0.15, -0.1) is 0 Å². The van der Waals surface area contributed by atoms with E-state index in [1.165, 1.54) is 12.1 Å². The summed E-state index contributed by atoms with van der Waals surface area (Å²) in [4.78, 5) is 11.8. The third kappa shape index (κ3) is 2.65. The Labute approximate surface area is 101 Å². The lowest BCUT2D eigenvalue weighted by atomic mass is 10.1. The highest BCUT2D eigenvalue weighted by Gasteiger charge is 2.45. The van der Waals surface area contributed by atoms with Crippen LogP contribution in [0.15, 0.2) is 18.2 Å². The van der Waals surface area contributed by atoms with Gasteiger partial charge in [0.25, 0.3) is 5.91 Å². The fourth-order valence-electron chi connectivity index (χ4n) is 2.04. The minimum atomic E-state index is -0.447. The number of aryl methyl sites for hydroxylation is 1. The van der Waals surface area contributed by atoms with Crippen molar-refractivity contribution in [1.29, 1.82) is 0 Å². The van der Waals surface area contributed by atoms with E-state index in [0.29, 0.717) is 17.9 Å². The smallest absolute Gasteiger partial charge is 0.254 e. The molecule has 1 N–H and O–H groups in total. The Morgan fingerprint density at radius 2 is 2.18 bits per heavy atom. The van der Waals surface area contributed by atoms with Gasteiger partial charge in [0.15, 0.2) is 0 Å². The molecule has 0 aliphatic heterocycles. The SMILES string of the molecule is Cc1ccc(C(=O)NCC2CC2(C)C)c(F)c1. The third-order valence-electron chi connectivity index (χ3n) is 3.60. The second kappa shape index (κ2) is 4.13. The van der Waals surface area contributed by atoms with Gasteiger partial charge in [-0.3, -0.25) is 4.79 Å². The van der Waals surface area contributed by atoms with Crippen molar-refractivity contribution in [2.45, 2.75) is 27.2 Å². The maximum Gasteiger partial charge on any atom is 0.254 e. The summed E-state index contributed by atoms with van der Waals surface area (Å²) in [5.74, 6) is -0.234. The molecule has 1 aliphatic carbocycles. The van der Waals surface area contributed by atoms with Crippen LogP contribution in [0.5, 0.6) is 0 Å². The van der Waals surface area contributed by atoms with Crippen LogP contribution in [0.4, 0.5) is 4.39 Å². The number of nitrogens with one attached hydrogen (secondary N) is 1. The molecule has 2 rings (SSSR count). The maximum atomic E-state index is 13.5. The summed E-state index contributed by atoms with van der Waals surface area (Å²) in [6, 6.07) is 4.67. The predicted octanol–water partition coefficient (Wildman–Crippen LogP) is 2.91. The summed E-state index contributed by atoms with van der Waals surface area (Å²) < 4.78 is 13.5. The van der Waals surface area contributed by atoms with E-state index in [2.05, 4.69) is 19.2 Å². The summed E-state index contributed by atoms with van der Waals surface area (Å²) in [6.07, 6.45) is 1.13. The van der Waals surface area contributed by atoms with Gasteiger partial charge in [0.1, 0.15) is 5.82 Å². The number of amides is 1. The second-order valence-electron chi connectivity index (χ2n) is 5.58. The summed E-state index contributed by atoms with van der Waals surface area (Å²) in [6.45, 7) is 6.79. The lowest BCUT2D eigenvalue weighted by Gasteiger charge is -2.07. The van der Waals surface area contributed by atoms with Gasteiger partial charge < -0.3 is 5.32 Å². The Balaban J connectivity index is 1.96. The van der Waals surface area contributed by atoms with Crippen molar-refractivity contribution in [1.82, 2.24) is 5.32 Å². The van der Waals surface area contributed by atoms with Crippen molar-refractivity contribution in [3.63, 3.8) is 0 Å². The molecule has 0 spiro atoms. The normalized spacial score (nSPS) is 21.1. The van der Waals surface area contributed by atoms with E-state index in [1.54, 1.807) is 13.0 Å². The van der Waals surface area contributed by atoms with Crippen LogP contribution >= 0.6 is 0 Å². The summed E-state index contributed by atoms with van der Waals surface area (Å²) in [5, 5.41) is 2.80. The molecule has 1 unspecified atom stereocenters. The number of hydrogen-bond acceptors (Lipinski definition) is 1. The van der Waals surface area contributed by atoms with Gasteiger partial charge >= 0.3 is 0 Å². The highest BCUT2D eigenvalue weighted by molar-refractivity contribution is 5.94. The summed E-state index contributed by atoms with van der Waals surface area (Å²) >= 11 is 0. The number of carbonyl (C=O) groups is 1. The van der Waals surface area contributed by atoms with E-state index in [4.69, 9.17) is 0 Å². The zero-order valence-electron chi connectivity index (χ0n) is 10.5. The third-order valence-corrected chi connectivity index (χ3v) is 3.60. The van der Waals surface area contributed by atoms with Crippen molar-refractivity contribution in [3.05, 3.63) is 35.1 Å². The first-order valence-electron chi connectivity index (χ1n) is 5.94. The molecule has 1 aromatic rings.